The Labute approximate surface area is 195 Å². The fraction of sp³-hybridized carbons (Fsp3) is 0.360. The van der Waals surface area contributed by atoms with E-state index in [0.29, 0.717) is 23.7 Å². The highest BCUT2D eigenvalue weighted by atomic mass is 32.2. The normalized spacial score (nSPS) is 15.1. The Bertz CT molecular complexity index is 1280. The molecular formula is C25H30N4O3S. The molecule has 0 N–H and O–H groups in total. The lowest BCUT2D eigenvalue weighted by atomic mass is 9.95. The van der Waals surface area contributed by atoms with Crippen LogP contribution in [-0.2, 0) is 10.0 Å². The van der Waals surface area contributed by atoms with Gasteiger partial charge in [-0.05, 0) is 74.6 Å². The first-order valence-corrected chi connectivity index (χ1v) is 12.5. The van der Waals surface area contributed by atoms with Crippen LogP contribution in [0, 0.1) is 34.6 Å². The molecule has 3 aromatic rings. The number of piperazine rings is 1. The van der Waals surface area contributed by atoms with Gasteiger partial charge in [0.25, 0.3) is 5.91 Å². The summed E-state index contributed by atoms with van der Waals surface area (Å²) in [5, 5.41) is 0. The summed E-state index contributed by atoms with van der Waals surface area (Å²) >= 11 is 0. The summed E-state index contributed by atoms with van der Waals surface area (Å²) in [7, 11) is -3.66. The van der Waals surface area contributed by atoms with Crippen molar-refractivity contribution < 1.29 is 13.2 Å². The molecule has 0 aliphatic carbocycles. The summed E-state index contributed by atoms with van der Waals surface area (Å²) in [5.74, 6) is -0.150. The molecule has 0 bridgehead atoms. The van der Waals surface area contributed by atoms with Crippen LogP contribution >= 0.6 is 0 Å². The zero-order chi connectivity index (χ0) is 23.9. The number of nitrogens with zero attached hydrogens (tertiary/aromatic N) is 4. The molecule has 0 unspecified atom stereocenters. The van der Waals surface area contributed by atoms with Crippen LogP contribution in [0.4, 0.5) is 0 Å². The van der Waals surface area contributed by atoms with Gasteiger partial charge in [-0.25, -0.2) is 13.4 Å². The molecule has 1 fully saturated rings. The van der Waals surface area contributed by atoms with Crippen LogP contribution in [-0.4, -0.2) is 59.3 Å². The average Bonchev–Trinajstić information content (AvgIpc) is 3.31. The lowest BCUT2D eigenvalue weighted by molar-refractivity contribution is 0.0689. The topological polar surface area (TPSA) is 75.5 Å². The summed E-state index contributed by atoms with van der Waals surface area (Å²) in [6.07, 6.45) is 3.18. The largest absolute Gasteiger partial charge is 0.335 e. The Balaban J connectivity index is 1.55. The summed E-state index contributed by atoms with van der Waals surface area (Å²) in [6, 6.07) is 9.57. The van der Waals surface area contributed by atoms with Gasteiger partial charge >= 0.3 is 0 Å². The first-order chi connectivity index (χ1) is 15.6. The van der Waals surface area contributed by atoms with Gasteiger partial charge < -0.3 is 4.90 Å². The van der Waals surface area contributed by atoms with E-state index in [0.717, 1.165) is 33.5 Å². The predicted octanol–water partition coefficient (Wildman–Crippen LogP) is 3.56. The van der Waals surface area contributed by atoms with Crippen molar-refractivity contribution in [3.63, 3.8) is 0 Å². The maximum absolute atomic E-state index is 13.6. The lowest BCUT2D eigenvalue weighted by Crippen LogP contribution is -2.51. The number of hydrogen-bond donors (Lipinski definition) is 0. The van der Waals surface area contributed by atoms with Crippen LogP contribution in [0.2, 0.25) is 0 Å². The SMILES string of the molecule is Cc1c(C)c(C)c(S(=O)(=O)N2CCN(C(=O)c3cncn3-c3ccccc3)CC2)c(C)c1C. The van der Waals surface area contributed by atoms with Crippen LogP contribution in [0.5, 0.6) is 0 Å². The van der Waals surface area contributed by atoms with Crippen LogP contribution in [0.3, 0.4) is 0 Å². The van der Waals surface area contributed by atoms with E-state index in [1.54, 1.807) is 22.0 Å². The van der Waals surface area contributed by atoms with E-state index in [-0.39, 0.29) is 19.0 Å². The minimum atomic E-state index is -3.66. The summed E-state index contributed by atoms with van der Waals surface area (Å²) in [4.78, 5) is 19.5. The summed E-state index contributed by atoms with van der Waals surface area (Å²) < 4.78 is 30.5. The molecule has 33 heavy (non-hydrogen) atoms. The highest BCUT2D eigenvalue weighted by Crippen LogP contribution is 2.32. The number of carbonyl (C=O) groups is 1. The van der Waals surface area contributed by atoms with E-state index in [4.69, 9.17) is 0 Å². The minimum absolute atomic E-state index is 0.150. The minimum Gasteiger partial charge on any atom is -0.335 e. The van der Waals surface area contributed by atoms with Gasteiger partial charge in [0.2, 0.25) is 10.0 Å². The number of rotatable bonds is 4. The van der Waals surface area contributed by atoms with E-state index < -0.39 is 10.0 Å². The third-order valence-corrected chi connectivity index (χ3v) is 9.12. The fourth-order valence-corrected chi connectivity index (χ4v) is 6.51. The molecule has 0 atom stereocenters. The molecule has 8 heteroatoms. The van der Waals surface area contributed by atoms with E-state index in [9.17, 15) is 13.2 Å². The van der Waals surface area contributed by atoms with Crippen LogP contribution in [0.1, 0.15) is 38.3 Å². The molecule has 1 aliphatic rings. The van der Waals surface area contributed by atoms with E-state index in [2.05, 4.69) is 4.98 Å². The molecule has 1 saturated heterocycles. The number of benzene rings is 2. The summed E-state index contributed by atoms with van der Waals surface area (Å²) in [6.45, 7) is 10.9. The smallest absolute Gasteiger partial charge is 0.272 e. The zero-order valence-electron chi connectivity index (χ0n) is 19.8. The first kappa shape index (κ1) is 23.2. The van der Waals surface area contributed by atoms with Gasteiger partial charge in [0, 0.05) is 31.9 Å². The second-order valence-electron chi connectivity index (χ2n) is 8.63. The third kappa shape index (κ3) is 3.98. The lowest BCUT2D eigenvalue weighted by Gasteiger charge is -2.35. The molecule has 0 radical (unpaired) electrons. The number of sulfonamides is 1. The fourth-order valence-electron chi connectivity index (χ4n) is 4.52. The number of hydrogen-bond acceptors (Lipinski definition) is 4. The molecule has 7 nitrogen and oxygen atoms in total. The van der Waals surface area contributed by atoms with Crippen molar-refractivity contribution in [2.24, 2.45) is 0 Å². The van der Waals surface area contributed by atoms with Crippen molar-refractivity contribution in [1.82, 2.24) is 18.8 Å². The molecule has 0 saturated carbocycles. The van der Waals surface area contributed by atoms with E-state index in [1.807, 2.05) is 65.0 Å². The average molecular weight is 467 g/mol. The van der Waals surface area contributed by atoms with Gasteiger partial charge in [0.15, 0.2) is 0 Å². The molecule has 0 spiro atoms. The first-order valence-electron chi connectivity index (χ1n) is 11.1. The number of para-hydroxylation sites is 1. The zero-order valence-corrected chi connectivity index (χ0v) is 20.6. The Hall–Kier alpha value is -2.97. The Morgan fingerprint density at radius 3 is 1.94 bits per heavy atom. The molecule has 2 aromatic carbocycles. The number of carbonyl (C=O) groups excluding carboxylic acids is 1. The standard InChI is InChI=1S/C25H30N4O3S/c1-17-18(2)20(4)24(21(5)19(17)3)33(31,32)28-13-11-27(12-14-28)25(30)23-15-26-16-29(23)22-9-7-6-8-10-22/h6-10,15-16H,11-14H2,1-5H3. The molecule has 1 aliphatic heterocycles. The highest BCUT2D eigenvalue weighted by Gasteiger charge is 2.34. The number of imidazole rings is 1. The maximum atomic E-state index is 13.6. The quantitative estimate of drug-likeness (QED) is 0.589. The van der Waals surface area contributed by atoms with Crippen molar-refractivity contribution in [2.45, 2.75) is 39.5 Å². The van der Waals surface area contributed by atoms with E-state index in [1.165, 1.54) is 4.31 Å². The molecule has 174 valence electrons. The molecular weight excluding hydrogens is 436 g/mol. The van der Waals surface area contributed by atoms with Gasteiger partial charge in [0.1, 0.15) is 5.69 Å². The Morgan fingerprint density at radius 2 is 1.36 bits per heavy atom. The monoisotopic (exact) mass is 466 g/mol. The number of amides is 1. The van der Waals surface area contributed by atoms with Crippen LogP contribution in [0.15, 0.2) is 47.8 Å². The van der Waals surface area contributed by atoms with Crippen molar-refractivity contribution in [2.75, 3.05) is 26.2 Å². The van der Waals surface area contributed by atoms with Crippen LogP contribution < -0.4 is 0 Å². The van der Waals surface area contributed by atoms with E-state index >= 15 is 0 Å². The van der Waals surface area contributed by atoms with Crippen molar-refractivity contribution >= 4 is 15.9 Å². The van der Waals surface area contributed by atoms with Gasteiger partial charge in [-0.2, -0.15) is 4.31 Å². The van der Waals surface area contributed by atoms with Gasteiger partial charge in [-0.3, -0.25) is 9.36 Å². The van der Waals surface area contributed by atoms with Gasteiger partial charge in [0.05, 0.1) is 17.4 Å². The highest BCUT2D eigenvalue weighted by molar-refractivity contribution is 7.89. The van der Waals surface area contributed by atoms with Crippen LogP contribution in [0.25, 0.3) is 5.69 Å². The second kappa shape index (κ2) is 8.76. The van der Waals surface area contributed by atoms with Gasteiger partial charge in [-0.1, -0.05) is 18.2 Å². The molecule has 1 aromatic heterocycles. The van der Waals surface area contributed by atoms with Crippen molar-refractivity contribution in [1.29, 1.82) is 0 Å². The maximum Gasteiger partial charge on any atom is 0.272 e. The van der Waals surface area contributed by atoms with Gasteiger partial charge in [-0.15, -0.1) is 0 Å². The molecule has 2 heterocycles. The molecule has 1 amide bonds. The van der Waals surface area contributed by atoms with Crippen molar-refractivity contribution in [3.8, 4) is 5.69 Å². The summed E-state index contributed by atoms with van der Waals surface area (Å²) in [5.41, 5.74) is 6.10. The third-order valence-electron chi connectivity index (χ3n) is 6.95. The Morgan fingerprint density at radius 1 is 0.818 bits per heavy atom. The predicted molar refractivity (Wildman–Crippen MR) is 128 cm³/mol. The molecule has 4 rings (SSSR count). The number of aromatic nitrogens is 2. The Kier molecular flexibility index (Phi) is 6.16. The second-order valence-corrected chi connectivity index (χ2v) is 10.5. The van der Waals surface area contributed by atoms with Crippen molar-refractivity contribution in [3.05, 3.63) is 76.4 Å².